The molecule has 2 aromatic rings. The zero-order chi connectivity index (χ0) is 18.4. The smallest absolute Gasteiger partial charge is 0.259 e. The molecule has 0 unspecified atom stereocenters. The van der Waals surface area contributed by atoms with Crippen LogP contribution < -0.4 is 10.5 Å². The topological polar surface area (TPSA) is 82.2 Å². The van der Waals surface area contributed by atoms with Gasteiger partial charge in [-0.3, -0.25) is 9.59 Å². The summed E-state index contributed by atoms with van der Waals surface area (Å²) in [5.74, 6) is 1.74. The maximum atomic E-state index is 12.6. The van der Waals surface area contributed by atoms with Crippen LogP contribution in [0.15, 0.2) is 17.1 Å². The lowest BCUT2D eigenvalue weighted by Gasteiger charge is -2.33. The molecule has 0 spiro atoms. The maximum Gasteiger partial charge on any atom is 0.259 e. The number of pyridine rings is 1. The van der Waals surface area contributed by atoms with E-state index in [4.69, 9.17) is 0 Å². The molecule has 7 heteroatoms. The van der Waals surface area contributed by atoms with Crippen LogP contribution in [-0.2, 0) is 4.79 Å². The normalized spacial score (nSPS) is 25.3. The van der Waals surface area contributed by atoms with Gasteiger partial charge in [-0.25, -0.2) is 9.97 Å². The highest BCUT2D eigenvalue weighted by atomic mass is 16.2. The third kappa shape index (κ3) is 3.06. The fourth-order valence-corrected chi connectivity index (χ4v) is 3.82. The minimum atomic E-state index is -0.165. The molecule has 1 N–H and O–H groups in total. The first kappa shape index (κ1) is 17.0. The molecule has 3 atom stereocenters. The molecule has 1 aliphatic heterocycles. The third-order valence-electron chi connectivity index (χ3n) is 5.60. The molecule has 0 radical (unpaired) electrons. The summed E-state index contributed by atoms with van der Waals surface area (Å²) in [6.45, 7) is 3.63. The monoisotopic (exact) mass is 355 g/mol. The molecule has 26 heavy (non-hydrogen) atoms. The summed E-state index contributed by atoms with van der Waals surface area (Å²) in [6, 6.07) is 1.95. The quantitative estimate of drug-likeness (QED) is 0.907. The number of nitrogens with one attached hydrogen (secondary N) is 1. The van der Waals surface area contributed by atoms with Gasteiger partial charge in [0.25, 0.3) is 5.56 Å². The molecule has 7 nitrogen and oxygen atoms in total. The minimum absolute atomic E-state index is 0.150. The van der Waals surface area contributed by atoms with Crippen molar-refractivity contribution in [2.45, 2.75) is 32.1 Å². The number of aromatic amines is 1. The number of hydrogen-bond donors (Lipinski definition) is 1. The van der Waals surface area contributed by atoms with E-state index in [1.165, 1.54) is 0 Å². The Bertz CT molecular complexity index is 906. The van der Waals surface area contributed by atoms with Crippen molar-refractivity contribution in [3.8, 4) is 0 Å². The number of piperidine rings is 1. The first-order valence-electron chi connectivity index (χ1n) is 9.30. The van der Waals surface area contributed by atoms with Gasteiger partial charge in [0.2, 0.25) is 11.9 Å². The Hall–Kier alpha value is -2.44. The average molecular weight is 355 g/mol. The number of amides is 1. The lowest BCUT2D eigenvalue weighted by atomic mass is 9.93. The van der Waals surface area contributed by atoms with E-state index >= 15 is 0 Å². The second-order valence-corrected chi connectivity index (χ2v) is 7.86. The number of rotatable bonds is 3. The standard InChI is InChI=1S/C19H25N5O2/c1-11-7-13(11)18(26)24-6-4-5-12(10-24)15-8-16-14(17(25)21-15)9-20-19(22-16)23(2)3/h8-9,11-13H,4-7,10H2,1-3H3,(H,21,25)/t11-,12-,13+/m1/s1. The maximum absolute atomic E-state index is 12.6. The van der Waals surface area contributed by atoms with Gasteiger partial charge >= 0.3 is 0 Å². The Morgan fingerprint density at radius 2 is 2.15 bits per heavy atom. The highest BCUT2D eigenvalue weighted by molar-refractivity contribution is 5.82. The molecule has 138 valence electrons. The zero-order valence-corrected chi connectivity index (χ0v) is 15.5. The van der Waals surface area contributed by atoms with Crippen LogP contribution in [-0.4, -0.2) is 52.9 Å². The number of hydrogen-bond acceptors (Lipinski definition) is 5. The van der Waals surface area contributed by atoms with Crippen molar-refractivity contribution in [2.75, 3.05) is 32.1 Å². The average Bonchev–Trinajstić information content (AvgIpc) is 3.37. The van der Waals surface area contributed by atoms with E-state index in [1.807, 2.05) is 30.0 Å². The Morgan fingerprint density at radius 3 is 2.85 bits per heavy atom. The van der Waals surface area contributed by atoms with Crippen LogP contribution >= 0.6 is 0 Å². The lowest BCUT2D eigenvalue weighted by Crippen LogP contribution is -2.40. The van der Waals surface area contributed by atoms with Gasteiger partial charge in [-0.1, -0.05) is 6.92 Å². The molecule has 3 heterocycles. The number of carbonyl (C=O) groups excluding carboxylic acids is 1. The van der Waals surface area contributed by atoms with Crippen molar-refractivity contribution < 1.29 is 4.79 Å². The van der Waals surface area contributed by atoms with E-state index in [9.17, 15) is 9.59 Å². The van der Waals surface area contributed by atoms with E-state index in [1.54, 1.807) is 6.20 Å². The Balaban J connectivity index is 1.62. The van der Waals surface area contributed by atoms with E-state index < -0.39 is 0 Å². The molecule has 1 aliphatic carbocycles. The number of anilines is 1. The van der Waals surface area contributed by atoms with Crippen LogP contribution in [0, 0.1) is 11.8 Å². The number of carbonyl (C=O) groups is 1. The second-order valence-electron chi connectivity index (χ2n) is 7.86. The van der Waals surface area contributed by atoms with Crippen LogP contribution in [0.3, 0.4) is 0 Å². The first-order valence-corrected chi connectivity index (χ1v) is 9.30. The number of H-pyrrole nitrogens is 1. The molecule has 1 amide bonds. The Morgan fingerprint density at radius 1 is 1.38 bits per heavy atom. The zero-order valence-electron chi connectivity index (χ0n) is 15.5. The van der Waals surface area contributed by atoms with E-state index in [-0.39, 0.29) is 23.3 Å². The Labute approximate surface area is 152 Å². The number of likely N-dealkylation sites (tertiary alicyclic amines) is 1. The van der Waals surface area contributed by atoms with Gasteiger partial charge in [-0.15, -0.1) is 0 Å². The second kappa shape index (κ2) is 6.37. The summed E-state index contributed by atoms with van der Waals surface area (Å²) in [5, 5.41) is 0.495. The van der Waals surface area contributed by atoms with Gasteiger partial charge in [0.05, 0.1) is 10.9 Å². The number of aromatic nitrogens is 3. The fraction of sp³-hybridized carbons (Fsp3) is 0.579. The lowest BCUT2D eigenvalue weighted by molar-refractivity contribution is -0.134. The largest absolute Gasteiger partial charge is 0.347 e. The highest BCUT2D eigenvalue weighted by Crippen LogP contribution is 2.40. The SMILES string of the molecule is C[C@@H]1C[C@@H]1C(=O)N1CCC[C@@H](c2cc3nc(N(C)C)ncc3c(=O)[nH]2)C1. The van der Waals surface area contributed by atoms with Gasteiger partial charge < -0.3 is 14.8 Å². The highest BCUT2D eigenvalue weighted by Gasteiger charge is 2.42. The van der Waals surface area contributed by atoms with Crippen molar-refractivity contribution in [2.24, 2.45) is 11.8 Å². The van der Waals surface area contributed by atoms with Crippen LogP contribution in [0.2, 0.25) is 0 Å². The van der Waals surface area contributed by atoms with E-state index in [0.717, 1.165) is 31.5 Å². The molecular formula is C19H25N5O2. The van der Waals surface area contributed by atoms with Crippen molar-refractivity contribution in [3.63, 3.8) is 0 Å². The van der Waals surface area contributed by atoms with Crippen LogP contribution in [0.4, 0.5) is 5.95 Å². The van der Waals surface area contributed by atoms with Gasteiger partial charge in [0, 0.05) is 50.9 Å². The summed E-state index contributed by atoms with van der Waals surface area (Å²) >= 11 is 0. The van der Waals surface area contributed by atoms with E-state index in [2.05, 4.69) is 21.9 Å². The van der Waals surface area contributed by atoms with Gasteiger partial charge in [0.1, 0.15) is 0 Å². The predicted octanol–water partition coefficient (Wildman–Crippen LogP) is 1.75. The molecule has 2 aliphatic rings. The molecule has 2 aromatic heterocycles. The summed E-state index contributed by atoms with van der Waals surface area (Å²) in [6.07, 6.45) is 4.52. The molecule has 0 bridgehead atoms. The molecule has 2 fully saturated rings. The molecular weight excluding hydrogens is 330 g/mol. The summed E-state index contributed by atoms with van der Waals surface area (Å²) < 4.78 is 0. The summed E-state index contributed by atoms with van der Waals surface area (Å²) in [5.41, 5.74) is 1.36. The van der Waals surface area contributed by atoms with Crippen molar-refractivity contribution in [1.82, 2.24) is 19.9 Å². The molecule has 0 aromatic carbocycles. The molecule has 4 rings (SSSR count). The van der Waals surface area contributed by atoms with Gasteiger partial charge in [0.15, 0.2) is 0 Å². The van der Waals surface area contributed by atoms with Crippen molar-refractivity contribution in [1.29, 1.82) is 0 Å². The predicted molar refractivity (Wildman–Crippen MR) is 100 cm³/mol. The van der Waals surface area contributed by atoms with Crippen LogP contribution in [0.25, 0.3) is 10.9 Å². The first-order chi connectivity index (χ1) is 12.4. The number of nitrogens with zero attached hydrogens (tertiary/aromatic N) is 4. The molecule has 1 saturated heterocycles. The van der Waals surface area contributed by atoms with Crippen molar-refractivity contribution in [3.05, 3.63) is 28.3 Å². The summed E-state index contributed by atoms with van der Waals surface area (Å²) in [4.78, 5) is 40.6. The van der Waals surface area contributed by atoms with E-state index in [0.29, 0.717) is 29.3 Å². The van der Waals surface area contributed by atoms with Gasteiger partial charge in [-0.05, 0) is 31.2 Å². The fourth-order valence-electron chi connectivity index (χ4n) is 3.82. The van der Waals surface area contributed by atoms with Crippen LogP contribution in [0.1, 0.15) is 37.8 Å². The minimum Gasteiger partial charge on any atom is -0.347 e. The summed E-state index contributed by atoms with van der Waals surface area (Å²) in [7, 11) is 3.75. The van der Waals surface area contributed by atoms with Crippen molar-refractivity contribution >= 4 is 22.8 Å². The number of fused-ring (bicyclic) bond motifs is 1. The van der Waals surface area contributed by atoms with Crippen LogP contribution in [0.5, 0.6) is 0 Å². The molecule has 1 saturated carbocycles. The van der Waals surface area contributed by atoms with Gasteiger partial charge in [-0.2, -0.15) is 0 Å². The third-order valence-corrected chi connectivity index (χ3v) is 5.60. The Kier molecular flexibility index (Phi) is 4.17.